The van der Waals surface area contributed by atoms with Crippen LogP contribution < -0.4 is 9.47 Å². The monoisotopic (exact) mass is 263 g/mol. The Hall–Kier alpha value is -1.55. The molecule has 19 heavy (non-hydrogen) atoms. The molecular formula is C15H21NO3. The Morgan fingerprint density at radius 1 is 1.26 bits per heavy atom. The van der Waals surface area contributed by atoms with Gasteiger partial charge in [0.15, 0.2) is 5.78 Å². The molecule has 4 heteroatoms. The Kier molecular flexibility index (Phi) is 3.80. The van der Waals surface area contributed by atoms with E-state index in [1.54, 1.807) is 14.2 Å². The van der Waals surface area contributed by atoms with Crippen LogP contribution in [-0.2, 0) is 11.3 Å². The van der Waals surface area contributed by atoms with E-state index < -0.39 is 0 Å². The Bertz CT molecular complexity index is 482. The predicted molar refractivity (Wildman–Crippen MR) is 73.7 cm³/mol. The second-order valence-corrected chi connectivity index (χ2v) is 5.33. The fourth-order valence-electron chi connectivity index (χ4n) is 2.46. The molecule has 0 spiro atoms. The molecular weight excluding hydrogens is 242 g/mol. The summed E-state index contributed by atoms with van der Waals surface area (Å²) in [4.78, 5) is 14.1. The molecule has 4 nitrogen and oxygen atoms in total. The summed E-state index contributed by atoms with van der Waals surface area (Å²) < 4.78 is 10.6. The third kappa shape index (κ3) is 2.59. The third-order valence-corrected chi connectivity index (χ3v) is 3.94. The van der Waals surface area contributed by atoms with E-state index in [0.717, 1.165) is 23.6 Å². The van der Waals surface area contributed by atoms with Crippen molar-refractivity contribution in [2.24, 2.45) is 0 Å². The third-order valence-electron chi connectivity index (χ3n) is 3.94. The summed E-state index contributed by atoms with van der Waals surface area (Å²) in [6.07, 6.45) is 0.630. The van der Waals surface area contributed by atoms with Crippen molar-refractivity contribution in [3.05, 3.63) is 23.8 Å². The molecule has 0 N–H and O–H groups in total. The van der Waals surface area contributed by atoms with Crippen LogP contribution in [0.5, 0.6) is 11.5 Å². The predicted octanol–water partition coefficient (Wildman–Crippen LogP) is 2.26. The van der Waals surface area contributed by atoms with Gasteiger partial charge < -0.3 is 9.47 Å². The molecule has 1 aliphatic heterocycles. The van der Waals surface area contributed by atoms with Crippen molar-refractivity contribution in [3.63, 3.8) is 0 Å². The summed E-state index contributed by atoms with van der Waals surface area (Å²) >= 11 is 0. The van der Waals surface area contributed by atoms with E-state index >= 15 is 0 Å². The Labute approximate surface area is 114 Å². The zero-order valence-corrected chi connectivity index (χ0v) is 12.0. The average Bonchev–Trinajstić information content (AvgIpc) is 2.66. The van der Waals surface area contributed by atoms with Crippen LogP contribution in [0.15, 0.2) is 18.2 Å². The van der Waals surface area contributed by atoms with Gasteiger partial charge in [0.1, 0.15) is 11.5 Å². The number of carbonyl (C=O) groups is 1. The summed E-state index contributed by atoms with van der Waals surface area (Å²) in [5, 5.41) is 0. The molecule has 2 rings (SSSR count). The molecule has 0 saturated carbocycles. The second kappa shape index (κ2) is 5.21. The van der Waals surface area contributed by atoms with Gasteiger partial charge in [0.05, 0.1) is 19.8 Å². The summed E-state index contributed by atoms with van der Waals surface area (Å²) in [5.74, 6) is 1.88. The molecule has 1 saturated heterocycles. The van der Waals surface area contributed by atoms with Gasteiger partial charge in [-0.2, -0.15) is 0 Å². The number of rotatable bonds is 4. The summed E-state index contributed by atoms with van der Waals surface area (Å²) in [6.45, 7) is 5.49. The average molecular weight is 263 g/mol. The lowest BCUT2D eigenvalue weighted by Crippen LogP contribution is -2.42. The summed E-state index contributed by atoms with van der Waals surface area (Å²) in [6, 6.07) is 5.79. The lowest BCUT2D eigenvalue weighted by atomic mass is 10.00. The number of hydrogen-bond acceptors (Lipinski definition) is 4. The fourth-order valence-corrected chi connectivity index (χ4v) is 2.46. The van der Waals surface area contributed by atoms with E-state index in [0.29, 0.717) is 18.7 Å². The molecule has 1 fully saturated rings. The highest BCUT2D eigenvalue weighted by molar-refractivity contribution is 5.89. The first kappa shape index (κ1) is 13.9. The maximum Gasteiger partial charge on any atom is 0.153 e. The van der Waals surface area contributed by atoms with Gasteiger partial charge in [0.2, 0.25) is 0 Å². The number of methoxy groups -OCH3 is 2. The number of carbonyl (C=O) groups excluding carboxylic acids is 1. The molecule has 0 unspecified atom stereocenters. The molecule has 1 aliphatic rings. The zero-order valence-electron chi connectivity index (χ0n) is 12.0. The quantitative estimate of drug-likeness (QED) is 0.835. The molecule has 0 bridgehead atoms. The van der Waals surface area contributed by atoms with Crippen molar-refractivity contribution in [2.45, 2.75) is 32.4 Å². The van der Waals surface area contributed by atoms with Crippen LogP contribution >= 0.6 is 0 Å². The van der Waals surface area contributed by atoms with Crippen LogP contribution in [-0.4, -0.2) is 37.0 Å². The van der Waals surface area contributed by atoms with Gasteiger partial charge in [0.25, 0.3) is 0 Å². The molecule has 1 aromatic rings. The minimum absolute atomic E-state index is 0.306. The minimum atomic E-state index is -0.384. The van der Waals surface area contributed by atoms with Crippen molar-refractivity contribution >= 4 is 5.78 Å². The fraction of sp³-hybridized carbons (Fsp3) is 0.533. The smallest absolute Gasteiger partial charge is 0.153 e. The topological polar surface area (TPSA) is 38.8 Å². The van der Waals surface area contributed by atoms with Gasteiger partial charge in [-0.15, -0.1) is 0 Å². The van der Waals surface area contributed by atoms with Crippen LogP contribution in [0.1, 0.15) is 25.8 Å². The van der Waals surface area contributed by atoms with Gasteiger partial charge >= 0.3 is 0 Å². The second-order valence-electron chi connectivity index (χ2n) is 5.33. The van der Waals surface area contributed by atoms with Gasteiger partial charge in [-0.25, -0.2) is 0 Å². The van der Waals surface area contributed by atoms with E-state index in [1.165, 1.54) is 0 Å². The molecule has 0 atom stereocenters. The lowest BCUT2D eigenvalue weighted by molar-refractivity contribution is -0.123. The van der Waals surface area contributed by atoms with Crippen LogP contribution in [0.2, 0.25) is 0 Å². The van der Waals surface area contributed by atoms with Crippen LogP contribution in [0.4, 0.5) is 0 Å². The van der Waals surface area contributed by atoms with Crippen molar-refractivity contribution in [2.75, 3.05) is 20.8 Å². The Balaban J connectivity index is 2.22. The number of Topliss-reactive ketones (excluding diaryl/α,β-unsaturated/α-hetero) is 1. The SMILES string of the molecule is COc1ccc(CN2CCC(=O)C2(C)C)c(OC)c1. The first-order valence-corrected chi connectivity index (χ1v) is 6.48. The number of benzene rings is 1. The summed E-state index contributed by atoms with van der Waals surface area (Å²) in [7, 11) is 3.29. The van der Waals surface area contributed by atoms with Crippen LogP contribution in [0, 0.1) is 0 Å². The number of likely N-dealkylation sites (tertiary alicyclic amines) is 1. The van der Waals surface area contributed by atoms with Crippen molar-refractivity contribution in [1.82, 2.24) is 4.90 Å². The molecule has 0 radical (unpaired) electrons. The number of ketones is 1. The Morgan fingerprint density at radius 3 is 2.53 bits per heavy atom. The zero-order chi connectivity index (χ0) is 14.0. The lowest BCUT2D eigenvalue weighted by Gasteiger charge is -2.30. The first-order valence-electron chi connectivity index (χ1n) is 6.48. The number of hydrogen-bond donors (Lipinski definition) is 0. The van der Waals surface area contributed by atoms with E-state index in [9.17, 15) is 4.79 Å². The molecule has 0 aliphatic carbocycles. The molecule has 0 aromatic heterocycles. The van der Waals surface area contributed by atoms with Crippen molar-refractivity contribution < 1.29 is 14.3 Å². The molecule has 1 aromatic carbocycles. The van der Waals surface area contributed by atoms with Crippen LogP contribution in [0.3, 0.4) is 0 Å². The van der Waals surface area contributed by atoms with Crippen molar-refractivity contribution in [1.29, 1.82) is 0 Å². The van der Waals surface area contributed by atoms with Gasteiger partial charge in [-0.3, -0.25) is 9.69 Å². The molecule has 1 heterocycles. The number of ether oxygens (including phenoxy) is 2. The highest BCUT2D eigenvalue weighted by Gasteiger charge is 2.39. The van der Waals surface area contributed by atoms with Gasteiger partial charge in [0, 0.05) is 31.1 Å². The van der Waals surface area contributed by atoms with Crippen molar-refractivity contribution in [3.8, 4) is 11.5 Å². The maximum absolute atomic E-state index is 11.9. The highest BCUT2D eigenvalue weighted by Crippen LogP contribution is 2.31. The van der Waals surface area contributed by atoms with E-state index in [1.807, 2.05) is 32.0 Å². The number of nitrogens with zero attached hydrogens (tertiary/aromatic N) is 1. The highest BCUT2D eigenvalue weighted by atomic mass is 16.5. The molecule has 104 valence electrons. The maximum atomic E-state index is 11.9. The largest absolute Gasteiger partial charge is 0.497 e. The van der Waals surface area contributed by atoms with Gasteiger partial charge in [-0.05, 0) is 19.9 Å². The normalized spacial score (nSPS) is 18.6. The standard InChI is InChI=1S/C15H21NO3/c1-15(2)14(17)7-8-16(15)10-11-5-6-12(18-3)9-13(11)19-4/h5-6,9H,7-8,10H2,1-4H3. The van der Waals surface area contributed by atoms with E-state index in [2.05, 4.69) is 4.90 Å². The molecule has 0 amide bonds. The first-order chi connectivity index (χ1) is 8.98. The van der Waals surface area contributed by atoms with E-state index in [-0.39, 0.29) is 5.54 Å². The Morgan fingerprint density at radius 2 is 2.00 bits per heavy atom. The minimum Gasteiger partial charge on any atom is -0.497 e. The summed E-state index contributed by atoms with van der Waals surface area (Å²) in [5.41, 5.74) is 0.691. The van der Waals surface area contributed by atoms with E-state index in [4.69, 9.17) is 9.47 Å². The van der Waals surface area contributed by atoms with Gasteiger partial charge in [-0.1, -0.05) is 6.07 Å². The van der Waals surface area contributed by atoms with Crippen LogP contribution in [0.25, 0.3) is 0 Å².